The van der Waals surface area contributed by atoms with Gasteiger partial charge >= 0.3 is 0 Å². The van der Waals surface area contributed by atoms with E-state index in [0.717, 1.165) is 45.5 Å². The Morgan fingerprint density at radius 2 is 0.814 bits per heavy atom. The van der Waals surface area contributed by atoms with Crippen LogP contribution in [0.4, 0.5) is 65.9 Å². The molecule has 0 atom stereocenters. The molecule has 364 valence electrons. The van der Waals surface area contributed by atoms with Gasteiger partial charge in [0.15, 0.2) is 0 Å². The van der Waals surface area contributed by atoms with Crippen LogP contribution in [0.1, 0.15) is 27.7 Å². The quantitative estimate of drug-likeness (QED) is 0.0586. The summed E-state index contributed by atoms with van der Waals surface area (Å²) in [5.41, 5.74) is 7.18. The number of fused-ring (bicyclic) bond motifs is 2. The van der Waals surface area contributed by atoms with E-state index < -0.39 is 11.9 Å². The Bertz CT molecular complexity index is 2600. The fourth-order valence-corrected chi connectivity index (χ4v) is 6.70. The molecule has 0 saturated heterocycles. The number of para-hydroxylation sites is 6. The summed E-state index contributed by atoms with van der Waals surface area (Å²) in [6.07, 6.45) is 3.15. The Kier molecular flexibility index (Phi) is 21.5. The van der Waals surface area contributed by atoms with Crippen molar-refractivity contribution in [1.82, 2.24) is 9.97 Å². The summed E-state index contributed by atoms with van der Waals surface area (Å²) in [7, 11) is 0. The van der Waals surface area contributed by atoms with Crippen LogP contribution in [0.5, 0.6) is 0 Å². The molecule has 0 bridgehead atoms. The van der Waals surface area contributed by atoms with Gasteiger partial charge in [-0.1, -0.05) is 134 Å². The minimum absolute atomic E-state index is 0. The van der Waals surface area contributed by atoms with Crippen LogP contribution in [0.3, 0.4) is 0 Å². The average Bonchev–Trinajstić information content (AvgIpc) is 3.96. The second-order valence-corrected chi connectivity index (χ2v) is 15.5. The van der Waals surface area contributed by atoms with Crippen LogP contribution in [0.15, 0.2) is 204 Å². The topological polar surface area (TPSA) is 91.7 Å². The number of hydrogen-bond acceptors (Lipinski definition) is 8. The molecule has 0 N–H and O–H groups in total. The van der Waals surface area contributed by atoms with Gasteiger partial charge in [-0.05, 0) is 86.8 Å². The SMILES string of the molecule is C(=Nc1ccccc1)[N-]c1ccccc1.C(=Nc1ccccc1)[N-]c1ccccc1.CC(C)N1[CH-]N(c2[c-]cccc2)c2nc(F)ccc21.CC(C)N1[CH-]N(c2[c-]cccc2)c2nc(F)ccc21.[Pt].[Pt]. The van der Waals surface area contributed by atoms with E-state index in [9.17, 15) is 8.78 Å². The number of nitrogens with zero attached hydrogens (tertiary/aromatic N) is 10. The molecular formula is C56H50F2N10Pt2-6. The first-order valence-electron chi connectivity index (χ1n) is 22.0. The van der Waals surface area contributed by atoms with Gasteiger partial charge in [0.05, 0.1) is 11.4 Å². The Balaban J connectivity index is 0.000000173. The first kappa shape index (κ1) is 53.9. The number of hydrogen-bond donors (Lipinski definition) is 0. The molecule has 14 heteroatoms. The molecular weight excluding hydrogens is 1240 g/mol. The molecule has 0 aliphatic carbocycles. The van der Waals surface area contributed by atoms with Crippen molar-refractivity contribution in [1.29, 1.82) is 0 Å². The molecule has 0 saturated carbocycles. The number of anilines is 6. The van der Waals surface area contributed by atoms with E-state index in [1.165, 1.54) is 12.1 Å². The summed E-state index contributed by atoms with van der Waals surface area (Å²) >= 11 is 0. The summed E-state index contributed by atoms with van der Waals surface area (Å²) in [5, 5.41) is 8.42. The largest absolute Gasteiger partial charge is 0.498 e. The van der Waals surface area contributed by atoms with E-state index in [1.54, 1.807) is 24.8 Å². The molecule has 10 rings (SSSR count). The molecule has 0 amide bonds. The Labute approximate surface area is 439 Å². The van der Waals surface area contributed by atoms with E-state index in [-0.39, 0.29) is 54.2 Å². The summed E-state index contributed by atoms with van der Waals surface area (Å²) in [6, 6.07) is 67.3. The number of halogens is 2. The number of rotatable bonds is 10. The van der Waals surface area contributed by atoms with Crippen LogP contribution in [-0.2, 0) is 42.1 Å². The zero-order valence-corrected chi connectivity index (χ0v) is 43.3. The summed E-state index contributed by atoms with van der Waals surface area (Å²) in [5.74, 6) is 0.268. The van der Waals surface area contributed by atoms with Gasteiger partial charge in [-0.15, -0.1) is 24.7 Å². The summed E-state index contributed by atoms with van der Waals surface area (Å²) in [6.45, 7) is 12.2. The fourth-order valence-electron chi connectivity index (χ4n) is 6.70. The predicted molar refractivity (Wildman–Crippen MR) is 275 cm³/mol. The van der Waals surface area contributed by atoms with Crippen molar-refractivity contribution in [2.75, 3.05) is 19.6 Å². The Hall–Kier alpha value is -7.00. The first-order chi connectivity index (χ1) is 33.2. The molecule has 10 nitrogen and oxygen atoms in total. The molecule has 2 aliphatic heterocycles. The average molecular weight is 1290 g/mol. The molecule has 6 aromatic carbocycles. The van der Waals surface area contributed by atoms with Gasteiger partial charge in [-0.25, -0.2) is 9.97 Å². The molecule has 70 heavy (non-hydrogen) atoms. The number of aromatic nitrogens is 2. The maximum Gasteiger partial charge on any atom is 0.214 e. The third-order valence-corrected chi connectivity index (χ3v) is 10.0. The standard InChI is InChI=1S/2C15H14FN3.2C13H11N2.2Pt/c2*1-11(2)18-10-19(12-6-4-3-5-7-12)15-13(18)8-9-14(16)17-15;2*1-3-7-12(8-4-1)14-11-15-13-9-5-2-6-10-13;;/h2*3-6,8-11H,1-2H3;2*1-11H;;/q2*-2;2*-1;;. The van der Waals surface area contributed by atoms with Crippen molar-refractivity contribution < 1.29 is 50.9 Å². The van der Waals surface area contributed by atoms with Crippen LogP contribution >= 0.6 is 0 Å². The maximum absolute atomic E-state index is 13.4. The third-order valence-electron chi connectivity index (χ3n) is 10.0. The van der Waals surface area contributed by atoms with Crippen LogP contribution < -0.4 is 19.6 Å². The van der Waals surface area contributed by atoms with Crippen LogP contribution in [0.25, 0.3) is 10.6 Å². The molecule has 8 aromatic rings. The fraction of sp³-hybridized carbons (Fsp3) is 0.107. The second kappa shape index (κ2) is 27.9. The van der Waals surface area contributed by atoms with Crippen LogP contribution in [-0.4, -0.2) is 34.7 Å². The molecule has 0 spiro atoms. The van der Waals surface area contributed by atoms with Gasteiger partial charge in [-0.3, -0.25) is 0 Å². The molecule has 0 unspecified atom stereocenters. The van der Waals surface area contributed by atoms with Crippen molar-refractivity contribution in [3.63, 3.8) is 0 Å². The Morgan fingerprint density at radius 3 is 1.14 bits per heavy atom. The van der Waals surface area contributed by atoms with Gasteiger partial charge in [0.2, 0.25) is 11.9 Å². The van der Waals surface area contributed by atoms with Crippen molar-refractivity contribution in [2.45, 2.75) is 39.8 Å². The van der Waals surface area contributed by atoms with E-state index in [2.05, 4.69) is 80.2 Å². The van der Waals surface area contributed by atoms with Crippen LogP contribution in [0, 0.1) is 37.4 Å². The van der Waals surface area contributed by atoms with Crippen molar-refractivity contribution >= 4 is 69.8 Å². The minimum atomic E-state index is -0.473. The maximum atomic E-state index is 13.4. The predicted octanol–water partition coefficient (Wildman–Crippen LogP) is 15.1. The monoisotopic (exact) mass is 1290 g/mol. The summed E-state index contributed by atoms with van der Waals surface area (Å²) in [4.78, 5) is 24.3. The van der Waals surface area contributed by atoms with Crippen molar-refractivity contribution in [3.05, 3.63) is 242 Å². The smallest absolute Gasteiger partial charge is 0.214 e. The first-order valence-corrected chi connectivity index (χ1v) is 22.0. The van der Waals surface area contributed by atoms with E-state index in [0.29, 0.717) is 11.6 Å². The van der Waals surface area contributed by atoms with E-state index >= 15 is 0 Å². The third kappa shape index (κ3) is 15.5. The zero-order chi connectivity index (χ0) is 47.5. The van der Waals surface area contributed by atoms with Crippen LogP contribution in [0.2, 0.25) is 0 Å². The second-order valence-electron chi connectivity index (χ2n) is 15.5. The number of pyridine rings is 2. The van der Waals surface area contributed by atoms with Gasteiger partial charge < -0.3 is 40.2 Å². The minimum Gasteiger partial charge on any atom is -0.498 e. The molecule has 2 aromatic heterocycles. The van der Waals surface area contributed by atoms with E-state index in [1.807, 2.05) is 193 Å². The van der Waals surface area contributed by atoms with Gasteiger partial charge in [-0.2, -0.15) is 69.4 Å². The van der Waals surface area contributed by atoms with Crippen molar-refractivity contribution in [2.24, 2.45) is 9.98 Å². The van der Waals surface area contributed by atoms with Gasteiger partial charge in [0.1, 0.15) is 11.6 Å². The molecule has 0 radical (unpaired) electrons. The van der Waals surface area contributed by atoms with E-state index in [4.69, 9.17) is 0 Å². The number of aliphatic imine (C=N–C) groups is 2. The Morgan fingerprint density at radius 1 is 0.471 bits per heavy atom. The summed E-state index contributed by atoms with van der Waals surface area (Å²) < 4.78 is 26.8. The molecule has 0 fully saturated rings. The van der Waals surface area contributed by atoms with Gasteiger partial charge in [0.25, 0.3) is 0 Å². The van der Waals surface area contributed by atoms with Gasteiger partial charge in [0, 0.05) is 42.1 Å². The zero-order valence-electron chi connectivity index (χ0n) is 38.8. The number of benzene rings is 6. The molecule has 4 heterocycles. The normalized spacial score (nSPS) is 12.1. The molecule has 2 aliphatic rings. The van der Waals surface area contributed by atoms with Crippen molar-refractivity contribution in [3.8, 4) is 0 Å².